The Kier molecular flexibility index (Phi) is 6.72. The molecule has 1 aromatic carbocycles. The van der Waals surface area contributed by atoms with Gasteiger partial charge in [-0.3, -0.25) is 0 Å². The highest BCUT2D eigenvalue weighted by Gasteiger charge is 2.09. The van der Waals surface area contributed by atoms with Crippen molar-refractivity contribution in [3.05, 3.63) is 29.8 Å². The lowest BCUT2D eigenvalue weighted by atomic mass is 10.2. The van der Waals surface area contributed by atoms with Crippen LogP contribution in [0.25, 0.3) is 0 Å². The normalized spacial score (nSPS) is 14.2. The molecule has 0 radical (unpaired) electrons. The van der Waals surface area contributed by atoms with Crippen LogP contribution in [0.15, 0.2) is 24.3 Å². The number of ether oxygens (including phenoxy) is 1. The summed E-state index contributed by atoms with van der Waals surface area (Å²) < 4.78 is 5.55. The first-order valence-corrected chi connectivity index (χ1v) is 6.38. The Morgan fingerprint density at radius 1 is 1.33 bits per heavy atom. The van der Waals surface area contributed by atoms with Crippen molar-refractivity contribution in [2.24, 2.45) is 0 Å². The van der Waals surface area contributed by atoms with Crippen LogP contribution in [0.1, 0.15) is 18.9 Å². The van der Waals surface area contributed by atoms with Crippen LogP contribution in [0.2, 0.25) is 0 Å². The minimum atomic E-state index is -0.579. The molecule has 0 aliphatic rings. The Balaban J connectivity index is 2.29. The molecule has 0 aromatic heterocycles. The molecule has 0 aliphatic heterocycles. The number of benzene rings is 1. The summed E-state index contributed by atoms with van der Waals surface area (Å²) in [5.74, 6) is 0.797. The van der Waals surface area contributed by atoms with E-state index in [0.717, 1.165) is 17.7 Å². The number of aliphatic hydroxyl groups is 2. The lowest BCUT2D eigenvalue weighted by molar-refractivity contribution is 0.0991. The van der Waals surface area contributed by atoms with Crippen molar-refractivity contribution in [3.8, 4) is 5.75 Å². The molecule has 0 spiro atoms. The van der Waals surface area contributed by atoms with Crippen molar-refractivity contribution in [1.29, 1.82) is 0 Å². The van der Waals surface area contributed by atoms with Gasteiger partial charge in [-0.2, -0.15) is 0 Å². The van der Waals surface area contributed by atoms with Gasteiger partial charge in [0.05, 0.1) is 6.61 Å². The van der Waals surface area contributed by atoms with E-state index < -0.39 is 6.10 Å². The van der Waals surface area contributed by atoms with E-state index in [4.69, 9.17) is 9.84 Å². The van der Waals surface area contributed by atoms with Crippen LogP contribution in [0.3, 0.4) is 0 Å². The highest BCUT2D eigenvalue weighted by molar-refractivity contribution is 5.31. The smallest absolute Gasteiger partial charge is 0.122 e. The zero-order valence-electron chi connectivity index (χ0n) is 11.1. The van der Waals surface area contributed by atoms with Gasteiger partial charge >= 0.3 is 0 Å². The lowest BCUT2D eigenvalue weighted by Crippen LogP contribution is -2.39. The van der Waals surface area contributed by atoms with E-state index >= 15 is 0 Å². The largest absolute Gasteiger partial charge is 0.491 e. The Bertz CT molecular complexity index is 340. The zero-order valence-corrected chi connectivity index (χ0v) is 11.1. The van der Waals surface area contributed by atoms with Crippen LogP contribution >= 0.6 is 0 Å². The maximum absolute atomic E-state index is 9.77. The standard InChI is InChI=1S/C14H23NO3/c1-3-12(9-16)15-8-13(17)10-18-14-7-5-4-6-11(14)2/h4-7,12-13,15-17H,3,8-10H2,1-2H3/t12-,13+/m0/s1. The number of hydrogen-bond acceptors (Lipinski definition) is 4. The molecule has 0 saturated carbocycles. The topological polar surface area (TPSA) is 61.7 Å². The van der Waals surface area contributed by atoms with Gasteiger partial charge in [0.2, 0.25) is 0 Å². The third kappa shape index (κ3) is 5.04. The van der Waals surface area contributed by atoms with Crippen LogP contribution in [-0.4, -0.2) is 42.1 Å². The van der Waals surface area contributed by atoms with Crippen LogP contribution in [0, 0.1) is 6.92 Å². The van der Waals surface area contributed by atoms with E-state index in [2.05, 4.69) is 5.32 Å². The molecule has 0 fully saturated rings. The number of aliphatic hydroxyl groups excluding tert-OH is 2. The molecule has 2 atom stereocenters. The minimum absolute atomic E-state index is 0.0399. The van der Waals surface area contributed by atoms with Gasteiger partial charge in [-0.15, -0.1) is 0 Å². The van der Waals surface area contributed by atoms with E-state index in [-0.39, 0.29) is 19.3 Å². The number of aryl methyl sites for hydroxylation is 1. The summed E-state index contributed by atoms with van der Waals surface area (Å²) in [7, 11) is 0. The Hall–Kier alpha value is -1.10. The molecule has 102 valence electrons. The van der Waals surface area contributed by atoms with Gasteiger partial charge in [0.15, 0.2) is 0 Å². The predicted octanol–water partition coefficient (Wildman–Crippen LogP) is 1.10. The Morgan fingerprint density at radius 2 is 2.06 bits per heavy atom. The zero-order chi connectivity index (χ0) is 13.4. The molecule has 4 heteroatoms. The third-order valence-electron chi connectivity index (χ3n) is 2.88. The second-order valence-corrected chi connectivity index (χ2v) is 4.43. The van der Waals surface area contributed by atoms with Gasteiger partial charge in [0, 0.05) is 12.6 Å². The van der Waals surface area contributed by atoms with Crippen molar-refractivity contribution in [1.82, 2.24) is 5.32 Å². The van der Waals surface area contributed by atoms with Crippen LogP contribution in [0.5, 0.6) is 5.75 Å². The van der Waals surface area contributed by atoms with Crippen LogP contribution in [0.4, 0.5) is 0 Å². The van der Waals surface area contributed by atoms with E-state index in [1.807, 2.05) is 38.1 Å². The molecule has 0 heterocycles. The Labute approximate surface area is 109 Å². The van der Waals surface area contributed by atoms with E-state index in [1.165, 1.54) is 0 Å². The third-order valence-corrected chi connectivity index (χ3v) is 2.88. The molecular formula is C14H23NO3. The summed E-state index contributed by atoms with van der Waals surface area (Å²) in [5, 5.41) is 21.9. The number of hydrogen-bond donors (Lipinski definition) is 3. The second-order valence-electron chi connectivity index (χ2n) is 4.43. The van der Waals surface area contributed by atoms with Crippen LogP contribution < -0.4 is 10.1 Å². The molecule has 1 rings (SSSR count). The molecule has 0 amide bonds. The average Bonchev–Trinajstić information content (AvgIpc) is 2.39. The van der Waals surface area contributed by atoms with Crippen molar-refractivity contribution < 1.29 is 14.9 Å². The van der Waals surface area contributed by atoms with Gasteiger partial charge in [-0.1, -0.05) is 25.1 Å². The minimum Gasteiger partial charge on any atom is -0.491 e. The molecule has 1 aromatic rings. The summed E-state index contributed by atoms with van der Waals surface area (Å²) in [6.45, 7) is 4.72. The number of rotatable bonds is 8. The molecular weight excluding hydrogens is 230 g/mol. The number of para-hydroxylation sites is 1. The predicted molar refractivity (Wildman–Crippen MR) is 71.8 cm³/mol. The quantitative estimate of drug-likeness (QED) is 0.649. The van der Waals surface area contributed by atoms with Gasteiger partial charge in [0.1, 0.15) is 18.5 Å². The van der Waals surface area contributed by atoms with E-state index in [9.17, 15) is 5.11 Å². The summed E-state index contributed by atoms with van der Waals surface area (Å²) in [6.07, 6.45) is 0.257. The fourth-order valence-electron chi connectivity index (χ4n) is 1.60. The van der Waals surface area contributed by atoms with Gasteiger partial charge in [0.25, 0.3) is 0 Å². The van der Waals surface area contributed by atoms with Crippen molar-refractivity contribution in [3.63, 3.8) is 0 Å². The highest BCUT2D eigenvalue weighted by atomic mass is 16.5. The molecule has 18 heavy (non-hydrogen) atoms. The van der Waals surface area contributed by atoms with Crippen LogP contribution in [-0.2, 0) is 0 Å². The van der Waals surface area contributed by atoms with Gasteiger partial charge < -0.3 is 20.3 Å². The fraction of sp³-hybridized carbons (Fsp3) is 0.571. The first kappa shape index (κ1) is 15.0. The maximum Gasteiger partial charge on any atom is 0.122 e. The second kappa shape index (κ2) is 8.08. The monoisotopic (exact) mass is 253 g/mol. The molecule has 0 unspecified atom stereocenters. The van der Waals surface area contributed by atoms with Crippen molar-refractivity contribution in [2.75, 3.05) is 19.8 Å². The van der Waals surface area contributed by atoms with Gasteiger partial charge in [-0.05, 0) is 25.0 Å². The first-order chi connectivity index (χ1) is 8.67. The summed E-state index contributed by atoms with van der Waals surface area (Å²) in [4.78, 5) is 0. The van der Waals surface area contributed by atoms with E-state index in [1.54, 1.807) is 0 Å². The molecule has 0 saturated heterocycles. The van der Waals surface area contributed by atoms with Gasteiger partial charge in [-0.25, -0.2) is 0 Å². The average molecular weight is 253 g/mol. The summed E-state index contributed by atoms with van der Waals surface area (Å²) in [5.41, 5.74) is 1.06. The summed E-state index contributed by atoms with van der Waals surface area (Å²) in [6, 6.07) is 7.76. The Morgan fingerprint density at radius 3 is 2.67 bits per heavy atom. The molecule has 4 nitrogen and oxygen atoms in total. The highest BCUT2D eigenvalue weighted by Crippen LogP contribution is 2.16. The molecule has 0 aliphatic carbocycles. The SMILES string of the molecule is CC[C@@H](CO)NC[C@@H](O)COc1ccccc1C. The number of nitrogens with one attached hydrogen (secondary N) is 1. The maximum atomic E-state index is 9.77. The fourth-order valence-corrected chi connectivity index (χ4v) is 1.60. The molecule has 3 N–H and O–H groups in total. The van der Waals surface area contributed by atoms with Crippen molar-refractivity contribution in [2.45, 2.75) is 32.4 Å². The summed E-state index contributed by atoms with van der Waals surface area (Å²) >= 11 is 0. The lowest BCUT2D eigenvalue weighted by Gasteiger charge is -2.18. The van der Waals surface area contributed by atoms with Crippen molar-refractivity contribution >= 4 is 0 Å². The van der Waals surface area contributed by atoms with E-state index in [0.29, 0.717) is 6.54 Å². The molecule has 0 bridgehead atoms. The first-order valence-electron chi connectivity index (χ1n) is 6.38.